The standard InChI is InChI=1S/C9H10N2O7/c12-8(13)5-17-4-3-10-9(14)6-1-2-7(18-6)11(15)16/h1-2H,3-5H2,(H,10,14)(H,12,13). The van der Waals surface area contributed by atoms with E-state index in [0.29, 0.717) is 0 Å². The molecule has 1 aromatic heterocycles. The number of rotatable bonds is 7. The Balaban J connectivity index is 2.32. The van der Waals surface area contributed by atoms with Crippen molar-refractivity contribution in [1.82, 2.24) is 5.32 Å². The van der Waals surface area contributed by atoms with Gasteiger partial charge in [0.05, 0.1) is 12.7 Å². The molecule has 9 nitrogen and oxygen atoms in total. The maximum Gasteiger partial charge on any atom is 0.433 e. The molecule has 0 bridgehead atoms. The first-order chi connectivity index (χ1) is 8.50. The van der Waals surface area contributed by atoms with Gasteiger partial charge in [-0.25, -0.2) is 4.79 Å². The molecule has 0 fully saturated rings. The topological polar surface area (TPSA) is 132 Å². The van der Waals surface area contributed by atoms with E-state index in [4.69, 9.17) is 5.11 Å². The molecule has 0 saturated carbocycles. The second-order valence-corrected chi connectivity index (χ2v) is 3.10. The largest absolute Gasteiger partial charge is 0.480 e. The third kappa shape index (κ3) is 4.22. The lowest BCUT2D eigenvalue weighted by atomic mass is 10.4. The summed E-state index contributed by atoms with van der Waals surface area (Å²) in [5.41, 5.74) is 0. The molecule has 0 aliphatic heterocycles. The predicted octanol–water partition coefficient (Wildman–Crippen LogP) is 0.0188. The average molecular weight is 258 g/mol. The molecule has 0 atom stereocenters. The summed E-state index contributed by atoms with van der Waals surface area (Å²) in [6.07, 6.45) is 0. The quantitative estimate of drug-likeness (QED) is 0.400. The number of carboxylic acids is 1. The fourth-order valence-corrected chi connectivity index (χ4v) is 1.03. The third-order valence-electron chi connectivity index (χ3n) is 1.75. The van der Waals surface area contributed by atoms with E-state index >= 15 is 0 Å². The molecule has 0 aromatic carbocycles. The molecule has 0 aliphatic carbocycles. The molecular formula is C9H10N2O7. The highest BCUT2D eigenvalue weighted by Gasteiger charge is 2.16. The van der Waals surface area contributed by atoms with Gasteiger partial charge in [-0.3, -0.25) is 14.9 Å². The molecule has 18 heavy (non-hydrogen) atoms. The zero-order chi connectivity index (χ0) is 13.5. The lowest BCUT2D eigenvalue weighted by molar-refractivity contribution is -0.402. The van der Waals surface area contributed by atoms with Crippen molar-refractivity contribution in [3.63, 3.8) is 0 Å². The third-order valence-corrected chi connectivity index (χ3v) is 1.75. The number of carbonyl (C=O) groups is 2. The van der Waals surface area contributed by atoms with E-state index in [9.17, 15) is 19.7 Å². The first-order valence-corrected chi connectivity index (χ1v) is 4.82. The summed E-state index contributed by atoms with van der Waals surface area (Å²) >= 11 is 0. The van der Waals surface area contributed by atoms with Crippen LogP contribution in [0.5, 0.6) is 0 Å². The summed E-state index contributed by atoms with van der Waals surface area (Å²) in [7, 11) is 0. The Morgan fingerprint density at radius 1 is 1.50 bits per heavy atom. The average Bonchev–Trinajstić information content (AvgIpc) is 2.77. The van der Waals surface area contributed by atoms with Gasteiger partial charge in [0.25, 0.3) is 5.91 Å². The van der Waals surface area contributed by atoms with Crippen LogP contribution < -0.4 is 5.32 Å². The zero-order valence-electron chi connectivity index (χ0n) is 9.12. The lowest BCUT2D eigenvalue weighted by Crippen LogP contribution is -2.27. The van der Waals surface area contributed by atoms with E-state index in [0.717, 1.165) is 6.07 Å². The van der Waals surface area contributed by atoms with Crippen LogP contribution in [0.4, 0.5) is 5.88 Å². The monoisotopic (exact) mass is 258 g/mol. The van der Waals surface area contributed by atoms with Gasteiger partial charge in [0.15, 0.2) is 5.76 Å². The summed E-state index contributed by atoms with van der Waals surface area (Å²) in [6, 6.07) is 2.24. The minimum absolute atomic E-state index is 0.0147. The van der Waals surface area contributed by atoms with Crippen LogP contribution in [0.3, 0.4) is 0 Å². The maximum atomic E-state index is 11.4. The molecule has 0 radical (unpaired) electrons. The van der Waals surface area contributed by atoms with Crippen molar-refractivity contribution in [3.8, 4) is 0 Å². The number of hydrogen-bond donors (Lipinski definition) is 2. The first kappa shape index (κ1) is 13.6. The number of carbonyl (C=O) groups excluding carboxylic acids is 1. The molecule has 0 unspecified atom stereocenters. The van der Waals surface area contributed by atoms with Gasteiger partial charge >= 0.3 is 11.9 Å². The van der Waals surface area contributed by atoms with Gasteiger partial charge in [0, 0.05) is 6.54 Å². The normalized spacial score (nSPS) is 10.0. The fraction of sp³-hybridized carbons (Fsp3) is 0.333. The van der Waals surface area contributed by atoms with Crippen molar-refractivity contribution in [2.75, 3.05) is 19.8 Å². The molecule has 1 rings (SSSR count). The molecule has 0 saturated heterocycles. The van der Waals surface area contributed by atoms with Gasteiger partial charge in [0.2, 0.25) is 0 Å². The number of nitrogens with one attached hydrogen (secondary N) is 1. The number of aliphatic carboxylic acids is 1. The van der Waals surface area contributed by atoms with Crippen LogP contribution in [-0.2, 0) is 9.53 Å². The van der Waals surface area contributed by atoms with Crippen LogP contribution in [0.2, 0.25) is 0 Å². The molecule has 1 aromatic rings. The molecule has 0 aliphatic rings. The SMILES string of the molecule is O=C(O)COCCNC(=O)c1ccc([N+](=O)[O-])o1. The highest BCUT2D eigenvalue weighted by molar-refractivity contribution is 5.91. The zero-order valence-corrected chi connectivity index (χ0v) is 9.12. The number of amides is 1. The van der Waals surface area contributed by atoms with Crippen LogP contribution in [0.15, 0.2) is 16.5 Å². The van der Waals surface area contributed by atoms with E-state index in [1.807, 2.05) is 0 Å². The van der Waals surface area contributed by atoms with E-state index in [1.165, 1.54) is 6.07 Å². The van der Waals surface area contributed by atoms with E-state index in [-0.39, 0.29) is 18.9 Å². The Morgan fingerprint density at radius 2 is 2.22 bits per heavy atom. The van der Waals surface area contributed by atoms with Gasteiger partial charge < -0.3 is 19.6 Å². The smallest absolute Gasteiger partial charge is 0.433 e. The lowest BCUT2D eigenvalue weighted by Gasteiger charge is -2.02. The van der Waals surface area contributed by atoms with E-state index in [1.54, 1.807) is 0 Å². The van der Waals surface area contributed by atoms with E-state index < -0.39 is 29.3 Å². The first-order valence-electron chi connectivity index (χ1n) is 4.82. The van der Waals surface area contributed by atoms with Gasteiger partial charge in [-0.15, -0.1) is 0 Å². The number of nitrogens with zero attached hydrogens (tertiary/aromatic N) is 1. The Labute approximate surface area is 100 Å². The van der Waals surface area contributed by atoms with Crippen LogP contribution in [0.1, 0.15) is 10.6 Å². The van der Waals surface area contributed by atoms with Crippen molar-refractivity contribution in [2.24, 2.45) is 0 Å². The van der Waals surface area contributed by atoms with Gasteiger partial charge in [-0.2, -0.15) is 0 Å². The highest BCUT2D eigenvalue weighted by atomic mass is 16.6. The minimum atomic E-state index is -1.11. The summed E-state index contributed by atoms with van der Waals surface area (Å²) in [5, 5.41) is 20.9. The molecule has 98 valence electrons. The van der Waals surface area contributed by atoms with Crippen LogP contribution in [0, 0.1) is 10.1 Å². The second-order valence-electron chi connectivity index (χ2n) is 3.10. The van der Waals surface area contributed by atoms with Crippen molar-refractivity contribution in [2.45, 2.75) is 0 Å². The molecule has 1 heterocycles. The summed E-state index contributed by atoms with van der Waals surface area (Å²) in [5.74, 6) is -2.47. The van der Waals surface area contributed by atoms with Gasteiger partial charge in [0.1, 0.15) is 11.5 Å². The molecular weight excluding hydrogens is 248 g/mol. The number of nitro groups is 1. The van der Waals surface area contributed by atoms with Gasteiger partial charge in [-0.1, -0.05) is 0 Å². The molecule has 0 spiro atoms. The van der Waals surface area contributed by atoms with Crippen LogP contribution >= 0.6 is 0 Å². The van der Waals surface area contributed by atoms with Crippen molar-refractivity contribution < 1.29 is 28.8 Å². The van der Waals surface area contributed by atoms with Crippen molar-refractivity contribution in [3.05, 3.63) is 28.0 Å². The summed E-state index contributed by atoms with van der Waals surface area (Å²) in [6.45, 7) is -0.371. The predicted molar refractivity (Wildman–Crippen MR) is 56.2 cm³/mol. The number of ether oxygens (including phenoxy) is 1. The van der Waals surface area contributed by atoms with Gasteiger partial charge in [-0.05, 0) is 6.07 Å². The Hall–Kier alpha value is -2.42. The molecule has 9 heteroatoms. The van der Waals surface area contributed by atoms with Crippen molar-refractivity contribution >= 4 is 17.8 Å². The number of hydrogen-bond acceptors (Lipinski definition) is 6. The summed E-state index contributed by atoms with van der Waals surface area (Å²) in [4.78, 5) is 31.0. The minimum Gasteiger partial charge on any atom is -0.480 e. The maximum absolute atomic E-state index is 11.4. The summed E-state index contributed by atoms with van der Waals surface area (Å²) < 4.78 is 9.33. The molecule has 1 amide bonds. The molecule has 2 N–H and O–H groups in total. The number of carboxylic acid groups (broad SMARTS) is 1. The van der Waals surface area contributed by atoms with Crippen LogP contribution in [0.25, 0.3) is 0 Å². The highest BCUT2D eigenvalue weighted by Crippen LogP contribution is 2.15. The fourth-order valence-electron chi connectivity index (χ4n) is 1.03. The Bertz CT molecular complexity index is 454. The Morgan fingerprint density at radius 3 is 2.78 bits per heavy atom. The Kier molecular flexibility index (Phi) is 4.81. The van der Waals surface area contributed by atoms with Crippen molar-refractivity contribution in [1.29, 1.82) is 0 Å². The second kappa shape index (κ2) is 6.35. The van der Waals surface area contributed by atoms with Crippen LogP contribution in [-0.4, -0.2) is 41.7 Å². The number of furan rings is 1. The van der Waals surface area contributed by atoms with E-state index in [2.05, 4.69) is 14.5 Å².